The second-order valence-corrected chi connectivity index (χ2v) is 9.48. The Hall–Kier alpha value is -2.74. The number of ether oxygens (including phenoxy) is 1. The van der Waals surface area contributed by atoms with Crippen LogP contribution in [0, 0.1) is 0 Å². The van der Waals surface area contributed by atoms with Crippen molar-refractivity contribution in [2.24, 2.45) is 0 Å². The molecule has 2 rings (SSSR count). The number of rotatable bonds is 5. The summed E-state index contributed by atoms with van der Waals surface area (Å²) in [6.07, 6.45) is 1.50. The maximum atomic E-state index is 11.7. The van der Waals surface area contributed by atoms with Crippen molar-refractivity contribution in [1.29, 1.82) is 0 Å². The predicted molar refractivity (Wildman–Crippen MR) is 114 cm³/mol. The fraction of sp³-hybridized carbons (Fsp3) is 0.545. The molecular weight excluding hydrogens is 388 g/mol. The number of hydroxylamine groups is 1. The van der Waals surface area contributed by atoms with E-state index in [0.717, 1.165) is 16.8 Å². The van der Waals surface area contributed by atoms with Crippen LogP contribution in [0.1, 0.15) is 59.6 Å². The number of hydrogen-bond acceptors (Lipinski definition) is 6. The highest BCUT2D eigenvalue weighted by atomic mass is 16.7. The lowest BCUT2D eigenvalue weighted by Crippen LogP contribution is -2.36. The molecule has 8 nitrogen and oxygen atoms in total. The Bertz CT molecular complexity index is 800. The van der Waals surface area contributed by atoms with E-state index in [1.54, 1.807) is 24.3 Å². The summed E-state index contributed by atoms with van der Waals surface area (Å²) in [5, 5.41) is 23.2. The highest BCUT2D eigenvalue weighted by Crippen LogP contribution is 2.42. The Morgan fingerprint density at radius 3 is 2.17 bits per heavy atom. The zero-order valence-corrected chi connectivity index (χ0v) is 18.6. The summed E-state index contributed by atoms with van der Waals surface area (Å²) in [6.45, 7) is 13.4. The van der Waals surface area contributed by atoms with Gasteiger partial charge in [0.25, 0.3) is 0 Å². The van der Waals surface area contributed by atoms with Crippen molar-refractivity contribution in [1.82, 2.24) is 5.32 Å². The number of anilines is 1. The van der Waals surface area contributed by atoms with Gasteiger partial charge in [0.2, 0.25) is 0 Å². The first-order chi connectivity index (χ1) is 13.7. The molecule has 3 N–H and O–H groups in total. The number of benzene rings is 1. The summed E-state index contributed by atoms with van der Waals surface area (Å²) >= 11 is 0. The Balaban J connectivity index is 2.21. The second-order valence-electron chi connectivity index (χ2n) is 9.48. The molecule has 1 amide bonds. The van der Waals surface area contributed by atoms with Crippen LogP contribution in [0.3, 0.4) is 0 Å². The largest absolute Gasteiger partial charge is 0.507 e. The number of hydrogen-bond donors (Lipinski definition) is 3. The van der Waals surface area contributed by atoms with Gasteiger partial charge in [0.1, 0.15) is 24.5 Å². The van der Waals surface area contributed by atoms with Gasteiger partial charge in [-0.1, -0.05) is 41.5 Å². The summed E-state index contributed by atoms with van der Waals surface area (Å²) in [6, 6.07) is 3.78. The third kappa shape index (κ3) is 5.66. The normalized spacial score (nSPS) is 17.7. The molecule has 2 atom stereocenters. The van der Waals surface area contributed by atoms with Gasteiger partial charge in [0.05, 0.1) is 5.69 Å². The third-order valence-corrected chi connectivity index (χ3v) is 4.75. The maximum Gasteiger partial charge on any atom is 0.408 e. The number of aliphatic carboxylic acids is 1. The van der Waals surface area contributed by atoms with Gasteiger partial charge < -0.3 is 20.3 Å². The minimum atomic E-state index is -1.15. The molecule has 0 spiro atoms. The summed E-state index contributed by atoms with van der Waals surface area (Å²) in [5.41, 5.74) is 1.82. The first kappa shape index (κ1) is 23.5. The first-order valence-electron chi connectivity index (χ1n) is 9.88. The van der Waals surface area contributed by atoms with Crippen molar-refractivity contribution in [2.45, 2.75) is 71.5 Å². The molecule has 1 aliphatic heterocycles. The zero-order valence-electron chi connectivity index (χ0n) is 18.6. The molecule has 2 unspecified atom stereocenters. The van der Waals surface area contributed by atoms with Crippen molar-refractivity contribution in [2.75, 3.05) is 11.6 Å². The number of amides is 1. The monoisotopic (exact) mass is 420 g/mol. The quantitative estimate of drug-likeness (QED) is 0.664. The molecule has 0 saturated heterocycles. The van der Waals surface area contributed by atoms with Crippen molar-refractivity contribution in [3.8, 4) is 5.75 Å². The molecule has 1 aromatic carbocycles. The van der Waals surface area contributed by atoms with Crippen LogP contribution in [0.5, 0.6) is 5.75 Å². The Morgan fingerprint density at radius 1 is 1.17 bits per heavy atom. The minimum Gasteiger partial charge on any atom is -0.507 e. The Labute approximate surface area is 177 Å². The summed E-state index contributed by atoms with van der Waals surface area (Å²) in [5.74, 6) is -0.871. The van der Waals surface area contributed by atoms with E-state index in [4.69, 9.17) is 14.7 Å². The van der Waals surface area contributed by atoms with Gasteiger partial charge in [0.15, 0.2) is 0 Å². The Morgan fingerprint density at radius 2 is 1.70 bits per heavy atom. The lowest BCUT2D eigenvalue weighted by atomic mass is 9.79. The molecule has 166 valence electrons. The molecule has 0 aliphatic carbocycles. The highest BCUT2D eigenvalue weighted by Gasteiger charge is 2.31. The van der Waals surface area contributed by atoms with Crippen LogP contribution in [0.2, 0.25) is 0 Å². The number of phenolic OH excluding ortho intramolecular Hbond substituents is 1. The number of aromatic hydroxyl groups is 1. The number of carboxylic acid groups (broad SMARTS) is 1. The lowest BCUT2D eigenvalue weighted by molar-refractivity contribution is -0.135. The molecule has 0 aromatic heterocycles. The van der Waals surface area contributed by atoms with Gasteiger partial charge in [-0.2, -0.15) is 0 Å². The molecular formula is C22H32N2O6. The fourth-order valence-electron chi connectivity index (χ4n) is 3.07. The molecule has 1 aliphatic rings. The summed E-state index contributed by atoms with van der Waals surface area (Å²) in [7, 11) is 0. The molecule has 1 aromatic rings. The molecule has 0 bridgehead atoms. The minimum absolute atomic E-state index is 0.276. The number of nitrogens with one attached hydrogen (secondary N) is 1. The summed E-state index contributed by atoms with van der Waals surface area (Å²) in [4.78, 5) is 28.2. The van der Waals surface area contributed by atoms with Crippen LogP contribution in [0.15, 0.2) is 24.4 Å². The van der Waals surface area contributed by atoms with Crippen molar-refractivity contribution in [3.05, 3.63) is 35.5 Å². The van der Waals surface area contributed by atoms with Crippen LogP contribution < -0.4 is 10.4 Å². The van der Waals surface area contributed by atoms with E-state index in [9.17, 15) is 14.7 Å². The van der Waals surface area contributed by atoms with E-state index >= 15 is 0 Å². The third-order valence-electron chi connectivity index (χ3n) is 4.75. The van der Waals surface area contributed by atoms with Crippen LogP contribution in [0.25, 0.3) is 0 Å². The molecule has 30 heavy (non-hydrogen) atoms. The van der Waals surface area contributed by atoms with E-state index in [1.165, 1.54) is 0 Å². The highest BCUT2D eigenvalue weighted by molar-refractivity contribution is 5.76. The molecule has 1 heterocycles. The van der Waals surface area contributed by atoms with Gasteiger partial charge in [-0.25, -0.2) is 9.86 Å². The van der Waals surface area contributed by atoms with E-state index < -0.39 is 30.8 Å². The van der Waals surface area contributed by atoms with E-state index in [0.29, 0.717) is 0 Å². The van der Waals surface area contributed by atoms with E-state index in [1.807, 2.05) is 53.7 Å². The fourth-order valence-corrected chi connectivity index (χ4v) is 3.07. The topological polar surface area (TPSA) is 108 Å². The number of carboxylic acids is 1. The predicted octanol–water partition coefficient (Wildman–Crippen LogP) is 3.82. The number of carbonyl (C=O) groups is 2. The van der Waals surface area contributed by atoms with Crippen LogP contribution in [0.4, 0.5) is 10.5 Å². The maximum absolute atomic E-state index is 11.7. The number of alkyl carbamates (subject to hydrolysis) is 1. The Kier molecular flexibility index (Phi) is 6.71. The van der Waals surface area contributed by atoms with Gasteiger partial charge >= 0.3 is 12.1 Å². The van der Waals surface area contributed by atoms with Gasteiger partial charge in [0, 0.05) is 17.3 Å². The van der Waals surface area contributed by atoms with Crippen LogP contribution >= 0.6 is 0 Å². The van der Waals surface area contributed by atoms with Crippen molar-refractivity contribution < 1.29 is 29.4 Å². The molecule has 0 saturated carbocycles. The smallest absolute Gasteiger partial charge is 0.408 e. The molecule has 0 radical (unpaired) electrons. The van der Waals surface area contributed by atoms with Gasteiger partial charge in [-0.15, -0.1) is 0 Å². The second kappa shape index (κ2) is 8.55. The average molecular weight is 421 g/mol. The van der Waals surface area contributed by atoms with E-state index in [-0.39, 0.29) is 16.6 Å². The summed E-state index contributed by atoms with van der Waals surface area (Å²) < 4.78 is 5.19. The lowest BCUT2D eigenvalue weighted by Gasteiger charge is -2.30. The first-order valence-corrected chi connectivity index (χ1v) is 9.88. The number of phenols is 1. The number of carbonyl (C=O) groups excluding carboxylic acids is 1. The van der Waals surface area contributed by atoms with E-state index in [2.05, 4.69) is 5.32 Å². The van der Waals surface area contributed by atoms with Gasteiger partial charge in [-0.05, 0) is 36.0 Å². The zero-order chi connectivity index (χ0) is 22.9. The van der Waals surface area contributed by atoms with Crippen LogP contribution in [-0.4, -0.2) is 41.0 Å². The molecule has 0 fully saturated rings. The van der Waals surface area contributed by atoms with Gasteiger partial charge in [-0.3, -0.25) is 9.63 Å². The average Bonchev–Trinajstić information content (AvgIpc) is 3.08. The SMILES string of the molecule is CC(OC(=O)NCC(=O)O)C1C=CN(c2cc(C(C)(C)C)c(O)c(C(C)(C)C)c2)O1. The van der Waals surface area contributed by atoms with Crippen molar-refractivity contribution >= 4 is 17.7 Å². The van der Waals surface area contributed by atoms with Crippen molar-refractivity contribution in [3.63, 3.8) is 0 Å². The standard InChI is InChI=1S/C22H32N2O6/c1-13(29-20(28)23-12-18(25)26)17-8-9-24(30-17)14-10-15(21(2,3)4)19(27)16(11-14)22(5,6)7/h8-11,13,17,27H,12H2,1-7H3,(H,23,28)(H,25,26). The molecule has 8 heteroatoms. The number of nitrogens with zero attached hydrogens (tertiary/aromatic N) is 1. The van der Waals surface area contributed by atoms with Crippen LogP contribution in [-0.2, 0) is 25.2 Å².